The van der Waals surface area contributed by atoms with Crippen molar-refractivity contribution in [3.05, 3.63) is 47.8 Å². The van der Waals surface area contributed by atoms with E-state index in [0.717, 1.165) is 24.6 Å². The van der Waals surface area contributed by atoms with Crippen molar-refractivity contribution >= 4 is 35.6 Å². The standard InChI is InChI=1S/C14H17N5.HI/c1-15-14(16-10-12-6-8-17-18-12)19-9-7-11-4-2-3-5-13(11)19;/h2-6,8H,7,9-10H2,1H3,(H,15,16)(H,17,18);1H. The Morgan fingerprint density at radius 3 is 3.00 bits per heavy atom. The molecule has 106 valence electrons. The van der Waals surface area contributed by atoms with Crippen molar-refractivity contribution < 1.29 is 0 Å². The zero-order chi connectivity index (χ0) is 13.1. The van der Waals surface area contributed by atoms with E-state index in [1.165, 1.54) is 11.3 Å². The molecule has 0 spiro atoms. The number of hydrogen-bond acceptors (Lipinski definition) is 2. The average molecular weight is 383 g/mol. The predicted octanol–water partition coefficient (Wildman–Crippen LogP) is 2.17. The molecule has 0 fully saturated rings. The number of nitrogens with one attached hydrogen (secondary N) is 2. The van der Waals surface area contributed by atoms with Crippen molar-refractivity contribution in [3.8, 4) is 0 Å². The summed E-state index contributed by atoms with van der Waals surface area (Å²) in [5.74, 6) is 0.902. The van der Waals surface area contributed by atoms with E-state index in [1.54, 1.807) is 6.20 Å². The van der Waals surface area contributed by atoms with Gasteiger partial charge in [-0.2, -0.15) is 5.10 Å². The van der Waals surface area contributed by atoms with Crippen molar-refractivity contribution in [2.75, 3.05) is 18.5 Å². The lowest BCUT2D eigenvalue weighted by Gasteiger charge is -2.22. The molecule has 0 amide bonds. The molecule has 3 rings (SSSR count). The monoisotopic (exact) mass is 383 g/mol. The number of benzene rings is 1. The van der Waals surface area contributed by atoms with E-state index >= 15 is 0 Å². The maximum absolute atomic E-state index is 4.37. The molecule has 6 heteroatoms. The van der Waals surface area contributed by atoms with Crippen LogP contribution in [0.4, 0.5) is 5.69 Å². The highest BCUT2D eigenvalue weighted by atomic mass is 127. The van der Waals surface area contributed by atoms with E-state index in [1.807, 2.05) is 13.1 Å². The molecule has 1 aliphatic heterocycles. The third-order valence-corrected chi connectivity index (χ3v) is 3.35. The summed E-state index contributed by atoms with van der Waals surface area (Å²) >= 11 is 0. The van der Waals surface area contributed by atoms with Gasteiger partial charge in [-0.15, -0.1) is 24.0 Å². The second-order valence-corrected chi connectivity index (χ2v) is 4.51. The Morgan fingerprint density at radius 1 is 1.40 bits per heavy atom. The number of anilines is 1. The van der Waals surface area contributed by atoms with Gasteiger partial charge in [0.05, 0.1) is 12.2 Å². The minimum atomic E-state index is 0. The van der Waals surface area contributed by atoms with Crippen LogP contribution >= 0.6 is 24.0 Å². The Kier molecular flexibility index (Phi) is 4.99. The van der Waals surface area contributed by atoms with Gasteiger partial charge in [0, 0.05) is 25.5 Å². The Labute approximate surface area is 135 Å². The number of aromatic amines is 1. The van der Waals surface area contributed by atoms with Gasteiger partial charge < -0.3 is 10.2 Å². The van der Waals surface area contributed by atoms with Gasteiger partial charge in [0.15, 0.2) is 5.96 Å². The molecule has 0 aliphatic carbocycles. The topological polar surface area (TPSA) is 56.3 Å². The summed E-state index contributed by atoms with van der Waals surface area (Å²) < 4.78 is 0. The van der Waals surface area contributed by atoms with Crippen LogP contribution in [0, 0.1) is 0 Å². The van der Waals surface area contributed by atoms with Gasteiger partial charge in [0.1, 0.15) is 0 Å². The lowest BCUT2D eigenvalue weighted by molar-refractivity contribution is 0.830. The zero-order valence-corrected chi connectivity index (χ0v) is 13.7. The average Bonchev–Trinajstić information content (AvgIpc) is 3.09. The molecule has 5 nitrogen and oxygen atoms in total. The first-order valence-corrected chi connectivity index (χ1v) is 6.43. The lowest BCUT2D eigenvalue weighted by atomic mass is 10.2. The summed E-state index contributed by atoms with van der Waals surface area (Å²) in [4.78, 5) is 6.59. The highest BCUT2D eigenvalue weighted by Gasteiger charge is 2.22. The molecule has 0 saturated heterocycles. The first-order chi connectivity index (χ1) is 9.38. The molecule has 20 heavy (non-hydrogen) atoms. The van der Waals surface area contributed by atoms with E-state index < -0.39 is 0 Å². The number of guanidine groups is 1. The highest BCUT2D eigenvalue weighted by Crippen LogP contribution is 2.27. The van der Waals surface area contributed by atoms with Crippen LogP contribution in [0.1, 0.15) is 11.3 Å². The number of nitrogens with zero attached hydrogens (tertiary/aromatic N) is 3. The number of H-pyrrole nitrogens is 1. The van der Waals surface area contributed by atoms with Crippen LogP contribution in [0.5, 0.6) is 0 Å². The molecule has 1 aliphatic rings. The number of aromatic nitrogens is 2. The van der Waals surface area contributed by atoms with E-state index in [0.29, 0.717) is 6.54 Å². The van der Waals surface area contributed by atoms with Crippen LogP contribution in [-0.2, 0) is 13.0 Å². The van der Waals surface area contributed by atoms with Crippen molar-refractivity contribution in [2.45, 2.75) is 13.0 Å². The molecule has 1 aromatic carbocycles. The van der Waals surface area contributed by atoms with Crippen molar-refractivity contribution in [1.82, 2.24) is 15.5 Å². The van der Waals surface area contributed by atoms with Crippen LogP contribution in [0.3, 0.4) is 0 Å². The molecule has 0 radical (unpaired) electrons. The second kappa shape index (κ2) is 6.74. The minimum absolute atomic E-state index is 0. The third kappa shape index (κ3) is 2.95. The molecule has 0 atom stereocenters. The molecule has 2 N–H and O–H groups in total. The van der Waals surface area contributed by atoms with Crippen molar-refractivity contribution in [1.29, 1.82) is 0 Å². The second-order valence-electron chi connectivity index (χ2n) is 4.51. The summed E-state index contributed by atoms with van der Waals surface area (Å²) in [6.07, 6.45) is 2.83. The molecular formula is C14H18IN5. The Bertz CT molecular complexity index is 579. The lowest BCUT2D eigenvalue weighted by Crippen LogP contribution is -2.40. The third-order valence-electron chi connectivity index (χ3n) is 3.35. The number of aliphatic imine (C=N–C) groups is 1. The molecular weight excluding hydrogens is 365 g/mol. The van der Waals surface area contributed by atoms with E-state index in [9.17, 15) is 0 Å². The molecule has 0 bridgehead atoms. The Hall–Kier alpha value is -1.57. The van der Waals surface area contributed by atoms with Crippen LogP contribution in [-0.4, -0.2) is 29.7 Å². The number of halogens is 1. The summed E-state index contributed by atoms with van der Waals surface area (Å²) in [6.45, 7) is 1.67. The molecule has 0 saturated carbocycles. The maximum Gasteiger partial charge on any atom is 0.198 e. The van der Waals surface area contributed by atoms with Gasteiger partial charge >= 0.3 is 0 Å². The van der Waals surface area contributed by atoms with Gasteiger partial charge in [0.2, 0.25) is 0 Å². The molecule has 2 aromatic rings. The van der Waals surface area contributed by atoms with E-state index in [4.69, 9.17) is 0 Å². The number of para-hydroxylation sites is 1. The highest BCUT2D eigenvalue weighted by molar-refractivity contribution is 14.0. The van der Waals surface area contributed by atoms with Crippen LogP contribution in [0.2, 0.25) is 0 Å². The Morgan fingerprint density at radius 2 is 2.25 bits per heavy atom. The van der Waals surface area contributed by atoms with Gasteiger partial charge in [0.25, 0.3) is 0 Å². The normalized spacial score (nSPS) is 13.8. The minimum Gasteiger partial charge on any atom is -0.350 e. The number of rotatable bonds is 2. The van der Waals surface area contributed by atoms with Gasteiger partial charge in [-0.1, -0.05) is 18.2 Å². The van der Waals surface area contributed by atoms with Crippen molar-refractivity contribution in [3.63, 3.8) is 0 Å². The summed E-state index contributed by atoms with van der Waals surface area (Å²) in [6, 6.07) is 10.4. The predicted molar refractivity (Wildman–Crippen MR) is 91.7 cm³/mol. The molecule has 0 unspecified atom stereocenters. The summed E-state index contributed by atoms with van der Waals surface area (Å²) in [5.41, 5.74) is 3.68. The number of hydrogen-bond donors (Lipinski definition) is 2. The van der Waals surface area contributed by atoms with Gasteiger partial charge in [-0.05, 0) is 24.1 Å². The fourth-order valence-electron chi connectivity index (χ4n) is 2.41. The molecule has 1 aromatic heterocycles. The van der Waals surface area contributed by atoms with E-state index in [-0.39, 0.29) is 24.0 Å². The largest absolute Gasteiger partial charge is 0.350 e. The fraction of sp³-hybridized carbons (Fsp3) is 0.286. The van der Waals surface area contributed by atoms with Crippen LogP contribution < -0.4 is 10.2 Å². The first kappa shape index (κ1) is 14.8. The van der Waals surface area contributed by atoms with E-state index in [2.05, 4.69) is 49.7 Å². The fourth-order valence-corrected chi connectivity index (χ4v) is 2.41. The summed E-state index contributed by atoms with van der Waals surface area (Å²) in [7, 11) is 1.82. The Balaban J connectivity index is 0.00000147. The SMILES string of the molecule is CN=C(NCc1ccn[nH]1)N1CCc2ccccc21.I. The van der Waals surface area contributed by atoms with Crippen LogP contribution in [0.15, 0.2) is 41.5 Å². The maximum atomic E-state index is 4.37. The first-order valence-electron chi connectivity index (χ1n) is 6.43. The summed E-state index contributed by atoms with van der Waals surface area (Å²) in [5, 5.41) is 10.2. The van der Waals surface area contributed by atoms with Gasteiger partial charge in [-0.25, -0.2) is 0 Å². The molecule has 2 heterocycles. The van der Waals surface area contributed by atoms with Gasteiger partial charge in [-0.3, -0.25) is 10.1 Å². The smallest absolute Gasteiger partial charge is 0.198 e. The number of fused-ring (bicyclic) bond motifs is 1. The van der Waals surface area contributed by atoms with Crippen LogP contribution in [0.25, 0.3) is 0 Å². The zero-order valence-electron chi connectivity index (χ0n) is 11.3. The van der Waals surface area contributed by atoms with Crippen molar-refractivity contribution in [2.24, 2.45) is 4.99 Å². The quantitative estimate of drug-likeness (QED) is 0.475.